The normalized spacial score (nSPS) is 12.5. The Bertz CT molecular complexity index is 933. The predicted octanol–water partition coefficient (Wildman–Crippen LogP) is 4.16. The van der Waals surface area contributed by atoms with Crippen molar-refractivity contribution in [3.05, 3.63) is 95.1 Å². The highest BCUT2D eigenvalue weighted by Gasteiger charge is 2.12. The standard InChI is InChI=1S/C22H18N2O4/c1-15-7-3-5-9-19(15)21(25)27-23-17-11-13-18(14-12-17)24-28-22(26)20-10-6-4-8-16(20)2/h3-14H,1-2H3. The molecule has 0 spiro atoms. The third kappa shape index (κ3) is 4.67. The highest BCUT2D eigenvalue weighted by Crippen LogP contribution is 2.11. The molecule has 0 aliphatic heterocycles. The molecule has 6 heteroatoms. The minimum Gasteiger partial charge on any atom is -0.312 e. The molecule has 0 saturated heterocycles. The van der Waals surface area contributed by atoms with Crippen LogP contribution in [0.2, 0.25) is 0 Å². The highest BCUT2D eigenvalue weighted by atomic mass is 16.7. The molecule has 0 heterocycles. The summed E-state index contributed by atoms with van der Waals surface area (Å²) in [4.78, 5) is 34.1. The van der Waals surface area contributed by atoms with E-state index in [4.69, 9.17) is 9.68 Å². The van der Waals surface area contributed by atoms with Crippen LogP contribution in [0.15, 0.2) is 83.1 Å². The van der Waals surface area contributed by atoms with Gasteiger partial charge >= 0.3 is 11.9 Å². The Balaban J connectivity index is 1.59. The molecule has 3 rings (SSSR count). The molecule has 0 bridgehead atoms. The maximum Gasteiger partial charge on any atom is 0.366 e. The number of carbonyl (C=O) groups is 2. The van der Waals surface area contributed by atoms with Gasteiger partial charge in [-0.2, -0.15) is 0 Å². The quantitative estimate of drug-likeness (QED) is 0.457. The summed E-state index contributed by atoms with van der Waals surface area (Å²) >= 11 is 0. The SMILES string of the molecule is Cc1ccccc1C(=O)ON=C1C=CC(=NOC(=O)c2ccccc2C)C=C1. The van der Waals surface area contributed by atoms with E-state index in [1.54, 1.807) is 48.6 Å². The number of aryl methyl sites for hydroxylation is 2. The predicted molar refractivity (Wildman–Crippen MR) is 106 cm³/mol. The zero-order valence-electron chi connectivity index (χ0n) is 15.5. The molecule has 0 atom stereocenters. The summed E-state index contributed by atoms with van der Waals surface area (Å²) in [6.45, 7) is 3.65. The number of nitrogens with zero attached hydrogens (tertiary/aromatic N) is 2. The smallest absolute Gasteiger partial charge is 0.312 e. The first-order valence-corrected chi connectivity index (χ1v) is 8.60. The monoisotopic (exact) mass is 374 g/mol. The molecule has 0 amide bonds. The van der Waals surface area contributed by atoms with Gasteiger partial charge in [0.2, 0.25) is 0 Å². The fourth-order valence-electron chi connectivity index (χ4n) is 2.46. The van der Waals surface area contributed by atoms with Crippen LogP contribution in [-0.4, -0.2) is 23.4 Å². The van der Waals surface area contributed by atoms with Crippen LogP contribution in [0, 0.1) is 13.8 Å². The van der Waals surface area contributed by atoms with E-state index in [9.17, 15) is 9.59 Å². The Morgan fingerprint density at radius 2 is 1.00 bits per heavy atom. The molecule has 2 aromatic carbocycles. The van der Waals surface area contributed by atoms with Crippen LogP contribution in [0.3, 0.4) is 0 Å². The average Bonchev–Trinajstić information content (AvgIpc) is 2.71. The minimum absolute atomic E-state index is 0.436. The Labute approximate surface area is 162 Å². The molecule has 6 nitrogen and oxygen atoms in total. The molecule has 0 radical (unpaired) electrons. The Morgan fingerprint density at radius 3 is 1.36 bits per heavy atom. The van der Waals surface area contributed by atoms with Crippen LogP contribution in [0.25, 0.3) is 0 Å². The number of hydrogen-bond donors (Lipinski definition) is 0. The summed E-state index contributed by atoms with van der Waals surface area (Å²) in [7, 11) is 0. The van der Waals surface area contributed by atoms with Gasteiger partial charge in [0.25, 0.3) is 0 Å². The molecule has 0 saturated carbocycles. The first kappa shape index (κ1) is 19.0. The fraction of sp³-hybridized carbons (Fsp3) is 0.0909. The van der Waals surface area contributed by atoms with Crippen molar-refractivity contribution in [2.24, 2.45) is 10.3 Å². The topological polar surface area (TPSA) is 77.3 Å². The summed E-state index contributed by atoms with van der Waals surface area (Å²) < 4.78 is 0. The van der Waals surface area contributed by atoms with Gasteiger partial charge in [-0.3, -0.25) is 0 Å². The Hall–Kier alpha value is -3.80. The molecule has 0 aromatic heterocycles. The van der Waals surface area contributed by atoms with Gasteiger partial charge in [-0.25, -0.2) is 9.59 Å². The third-order valence-electron chi connectivity index (χ3n) is 4.05. The van der Waals surface area contributed by atoms with Crippen LogP contribution in [0.5, 0.6) is 0 Å². The zero-order chi connectivity index (χ0) is 19.9. The van der Waals surface area contributed by atoms with Gasteiger partial charge in [0.1, 0.15) is 11.4 Å². The third-order valence-corrected chi connectivity index (χ3v) is 4.05. The van der Waals surface area contributed by atoms with Crippen molar-refractivity contribution < 1.29 is 19.3 Å². The zero-order valence-corrected chi connectivity index (χ0v) is 15.5. The lowest BCUT2D eigenvalue weighted by Crippen LogP contribution is -2.08. The van der Waals surface area contributed by atoms with Gasteiger partial charge in [0, 0.05) is 0 Å². The number of carbonyl (C=O) groups excluding carboxylic acids is 2. The Kier molecular flexibility index (Phi) is 5.91. The maximum atomic E-state index is 12.1. The second-order valence-corrected chi connectivity index (χ2v) is 6.09. The van der Waals surface area contributed by atoms with Crippen LogP contribution >= 0.6 is 0 Å². The number of oxime groups is 2. The molecule has 0 N–H and O–H groups in total. The van der Waals surface area contributed by atoms with Crippen molar-refractivity contribution >= 4 is 23.4 Å². The maximum absolute atomic E-state index is 12.1. The number of hydrogen-bond acceptors (Lipinski definition) is 6. The first-order chi connectivity index (χ1) is 13.5. The van der Waals surface area contributed by atoms with E-state index < -0.39 is 11.9 Å². The van der Waals surface area contributed by atoms with E-state index in [2.05, 4.69) is 10.3 Å². The molecule has 28 heavy (non-hydrogen) atoms. The number of rotatable bonds is 4. The summed E-state index contributed by atoms with van der Waals surface area (Å²) in [5.41, 5.74) is 3.42. The van der Waals surface area contributed by atoms with Crippen LogP contribution in [-0.2, 0) is 9.68 Å². The van der Waals surface area contributed by atoms with Crippen molar-refractivity contribution in [1.29, 1.82) is 0 Å². The number of benzene rings is 2. The van der Waals surface area contributed by atoms with Crippen molar-refractivity contribution in [1.82, 2.24) is 0 Å². The van der Waals surface area contributed by atoms with E-state index in [0.29, 0.717) is 22.6 Å². The molecule has 0 unspecified atom stereocenters. The van der Waals surface area contributed by atoms with E-state index in [1.807, 2.05) is 38.1 Å². The van der Waals surface area contributed by atoms with Gasteiger partial charge in [0.05, 0.1) is 11.1 Å². The van der Waals surface area contributed by atoms with E-state index >= 15 is 0 Å². The molecule has 0 fully saturated rings. The van der Waals surface area contributed by atoms with E-state index in [1.165, 1.54) is 0 Å². The van der Waals surface area contributed by atoms with Gasteiger partial charge in [-0.15, -0.1) is 0 Å². The van der Waals surface area contributed by atoms with Crippen LogP contribution in [0.4, 0.5) is 0 Å². The van der Waals surface area contributed by atoms with Crippen LogP contribution < -0.4 is 0 Å². The van der Waals surface area contributed by atoms with Crippen molar-refractivity contribution in [3.8, 4) is 0 Å². The molecule has 2 aromatic rings. The second-order valence-electron chi connectivity index (χ2n) is 6.09. The largest absolute Gasteiger partial charge is 0.366 e. The molecular formula is C22H18N2O4. The van der Waals surface area contributed by atoms with E-state index in [0.717, 1.165) is 11.1 Å². The first-order valence-electron chi connectivity index (χ1n) is 8.60. The lowest BCUT2D eigenvalue weighted by atomic mass is 10.1. The molecular weight excluding hydrogens is 356 g/mol. The Morgan fingerprint density at radius 1 is 0.643 bits per heavy atom. The summed E-state index contributed by atoms with van der Waals surface area (Å²) in [5, 5.41) is 7.64. The fourth-order valence-corrected chi connectivity index (χ4v) is 2.46. The minimum atomic E-state index is -0.529. The van der Waals surface area contributed by atoms with E-state index in [-0.39, 0.29) is 0 Å². The highest BCUT2D eigenvalue weighted by molar-refractivity contribution is 6.18. The summed E-state index contributed by atoms with van der Waals surface area (Å²) in [5.74, 6) is -1.06. The lowest BCUT2D eigenvalue weighted by molar-refractivity contribution is 0.0507. The molecule has 1 aliphatic carbocycles. The number of allylic oxidation sites excluding steroid dienone is 4. The average molecular weight is 374 g/mol. The van der Waals surface area contributed by atoms with Crippen molar-refractivity contribution in [2.45, 2.75) is 13.8 Å². The second kappa shape index (κ2) is 8.73. The van der Waals surface area contributed by atoms with Gasteiger partial charge in [0.15, 0.2) is 0 Å². The lowest BCUT2D eigenvalue weighted by Gasteiger charge is -2.05. The molecule has 140 valence electrons. The summed E-state index contributed by atoms with van der Waals surface area (Å²) in [6.07, 6.45) is 6.41. The van der Waals surface area contributed by atoms with Gasteiger partial charge in [-0.05, 0) is 61.4 Å². The van der Waals surface area contributed by atoms with Crippen molar-refractivity contribution in [3.63, 3.8) is 0 Å². The van der Waals surface area contributed by atoms with Gasteiger partial charge < -0.3 is 9.68 Å². The summed E-state index contributed by atoms with van der Waals surface area (Å²) in [6, 6.07) is 14.2. The van der Waals surface area contributed by atoms with Crippen molar-refractivity contribution in [2.75, 3.05) is 0 Å². The molecule has 1 aliphatic rings. The van der Waals surface area contributed by atoms with Gasteiger partial charge in [-0.1, -0.05) is 46.7 Å². The van der Waals surface area contributed by atoms with Crippen LogP contribution in [0.1, 0.15) is 31.8 Å².